The maximum absolute atomic E-state index is 12.5. The Hall–Kier alpha value is -14.2. The van der Waals surface area contributed by atoms with E-state index in [4.69, 9.17) is 43.5 Å². The van der Waals surface area contributed by atoms with Crippen LogP contribution in [0.25, 0.3) is 146 Å². The molecule has 0 radical (unpaired) electrons. The van der Waals surface area contributed by atoms with Crippen molar-refractivity contribution in [1.82, 2.24) is 0 Å². The molecule has 7 aromatic carbocycles. The number of benzene rings is 7. The van der Waals surface area contributed by atoms with E-state index in [-0.39, 0.29) is 39.4 Å². The second-order valence-electron chi connectivity index (χ2n) is 32.5. The van der Waals surface area contributed by atoms with Crippen molar-refractivity contribution >= 4 is 122 Å². The molecule has 9 aliphatic carbocycles. The minimum Gasteiger partial charge on any atom is -0.422 e. The zero-order valence-electron chi connectivity index (χ0n) is 79.7. The van der Waals surface area contributed by atoms with Crippen molar-refractivity contribution in [2.75, 3.05) is 37.5 Å². The van der Waals surface area contributed by atoms with E-state index in [1.165, 1.54) is 22.3 Å². The first kappa shape index (κ1) is 105. The van der Waals surface area contributed by atoms with Crippen LogP contribution in [-0.4, -0.2) is 50.2 Å². The lowest BCUT2D eigenvalue weighted by Gasteiger charge is -2.03. The Balaban J connectivity index is 0.000000121. The normalized spacial score (nSPS) is 11.4. The van der Waals surface area contributed by atoms with Crippen LogP contribution in [0.1, 0.15) is 44.5 Å². The van der Waals surface area contributed by atoms with Crippen molar-refractivity contribution in [1.29, 1.82) is 0 Å². The third kappa shape index (κ3) is 25.1. The number of thioether (sulfide) groups is 3. The molecule has 0 fully saturated rings. The van der Waals surface area contributed by atoms with Crippen molar-refractivity contribution in [3.8, 4) is 135 Å². The second kappa shape index (κ2) is 50.1. The number of rotatable bonds is 16. The molecule has 0 N–H and O–H groups in total. The largest absolute Gasteiger partial charge is 0.425 e. The van der Waals surface area contributed by atoms with Gasteiger partial charge in [-0.15, -0.1) is 47.9 Å². The van der Waals surface area contributed by atoms with Gasteiger partial charge < -0.3 is 30.9 Å². The fraction of sp³-hybridized carbons (Fsp3) is 0.0840. The van der Waals surface area contributed by atoms with Crippen LogP contribution in [0.5, 0.6) is 0 Å². The van der Waals surface area contributed by atoms with Gasteiger partial charge in [0.1, 0.15) is 40.3 Å². The lowest BCUT2D eigenvalue weighted by atomic mass is 9.97. The van der Waals surface area contributed by atoms with Gasteiger partial charge in [0.25, 0.3) is 0 Å². The molecule has 27 heteroatoms. The van der Waals surface area contributed by atoms with Crippen LogP contribution in [0.2, 0.25) is 0 Å². The molecule has 17 nitrogen and oxygen atoms in total. The fourth-order valence-corrected chi connectivity index (χ4v) is 22.3. The Bertz CT molecular complexity index is 8570. The Morgan fingerprint density at radius 1 is 0.212 bits per heavy atom. The van der Waals surface area contributed by atoms with E-state index in [9.17, 15) is 33.6 Å². The van der Waals surface area contributed by atoms with Gasteiger partial charge in [-0.1, -0.05) is 373 Å². The van der Waals surface area contributed by atoms with Crippen LogP contribution in [0.15, 0.2) is 470 Å². The molecule has 7 heterocycles. The van der Waals surface area contributed by atoms with Crippen molar-refractivity contribution in [2.45, 2.75) is 56.1 Å². The summed E-state index contributed by atoms with van der Waals surface area (Å²) in [5.74, 6) is 4.47. The Morgan fingerprint density at radius 3 is 0.699 bits per heavy atom. The predicted octanol–water partition coefficient (Wildman–Crippen LogP) is 30.4. The standard InChI is InChI=1S/C19H14O2S2.C19H14O2S.C17H14O2S2.C17H14O2S.C16H12O2S2.C16H12O2S.C15H10O2.O3S/c1-22-23-13-6-4-8-16-17(11-13)21-19(20)18(16)15-10-9-12-5-2-3-7-14(12)15;1-22-13-6-4-8-16-17(11-13)21-19(20)18(16)15-10-9-12-5-2-3-7-14(12)15;1-11-6-8-12(9-7-11)16-14-5-3-4-13(21-20-2)10-15(14)19-17(16)18;1-11-6-8-12(9-7-11)16-14-5-3-4-13(20-2)10-15(14)19-17(16)18;1-19-20-12-8-5-9-13-14(10-12)18-16(17)15(13)11-6-3-2-4-7-11;1-19-12-8-5-9-13-14(10-12)18-16(17)15(13)11-6-3-2-4-7-11;16-15-14(11-7-3-1-4-8-11)12-9-5-2-6-10-13(12)17-15;1-4(2)3/h2-8,10-11H,9H2,1H3;2-8,10-11H,9H2,1H3;3-10H,1-2H3;3-10H,1-2H3;2-10H,1H3;2-10H,1H3;1-10H;. The summed E-state index contributed by atoms with van der Waals surface area (Å²) in [7, 11) is 6.85. The van der Waals surface area contributed by atoms with Crippen molar-refractivity contribution in [3.05, 3.63) is 494 Å². The van der Waals surface area contributed by atoms with Gasteiger partial charge in [0.05, 0.1) is 38.9 Å². The summed E-state index contributed by atoms with van der Waals surface area (Å²) < 4.78 is 63.3. The molecule has 0 unspecified atom stereocenters. The van der Waals surface area contributed by atoms with E-state index in [2.05, 4.69) is 36.4 Å². The summed E-state index contributed by atoms with van der Waals surface area (Å²) in [5.41, 5.74) is 22.3. The molecule has 728 valence electrons. The van der Waals surface area contributed by atoms with Crippen LogP contribution in [0.3, 0.4) is 0 Å². The first-order valence-corrected chi connectivity index (χ1v) is 57.8. The quantitative estimate of drug-likeness (QED) is 0.0643. The maximum atomic E-state index is 12.5. The van der Waals surface area contributed by atoms with Crippen molar-refractivity contribution in [3.63, 3.8) is 0 Å². The van der Waals surface area contributed by atoms with E-state index < -0.39 is 10.6 Å². The average Bonchev–Trinajstić information content (AvgIpc) is 1.59. The lowest BCUT2D eigenvalue weighted by molar-refractivity contribution is 0.543. The van der Waals surface area contributed by atoms with E-state index >= 15 is 0 Å². The van der Waals surface area contributed by atoms with Gasteiger partial charge in [-0.05, 0) is 204 Å². The molecule has 23 rings (SSSR count). The molecular formula is C119H90O17S10. The number of hydrogen-bond donors (Lipinski definition) is 0. The van der Waals surface area contributed by atoms with Gasteiger partial charge in [-0.25, -0.2) is 33.6 Å². The highest BCUT2D eigenvalue weighted by Crippen LogP contribution is 2.45. The Kier molecular flexibility index (Phi) is 35.9. The molecule has 0 spiro atoms. The van der Waals surface area contributed by atoms with Gasteiger partial charge in [0.2, 0.25) is 0 Å². The summed E-state index contributed by atoms with van der Waals surface area (Å²) in [6.45, 7) is 4.06. The van der Waals surface area contributed by atoms with Crippen LogP contribution in [0.4, 0.5) is 0 Å². The number of aryl methyl sites for hydroxylation is 2. The minimum atomic E-state index is -3.11. The van der Waals surface area contributed by atoms with Crippen LogP contribution in [-0.2, 0) is 23.5 Å². The lowest BCUT2D eigenvalue weighted by Crippen LogP contribution is -2.00. The first-order chi connectivity index (χ1) is 71.1. The molecule has 0 aromatic heterocycles. The van der Waals surface area contributed by atoms with Gasteiger partial charge in [-0.3, -0.25) is 0 Å². The monoisotopic (exact) mass is 2110 g/mol. The average molecular weight is 2110 g/mol. The summed E-state index contributed by atoms with van der Waals surface area (Å²) in [6.07, 6.45) is 18.1. The summed E-state index contributed by atoms with van der Waals surface area (Å²) in [4.78, 5) is 91.8. The first-order valence-electron chi connectivity index (χ1n) is 45.4. The van der Waals surface area contributed by atoms with Crippen LogP contribution < -0.4 is 39.4 Å². The minimum absolute atomic E-state index is 0.254. The number of allylic oxidation sites excluding steroid dienone is 2. The molecule has 0 amide bonds. The number of hydrogen-bond acceptors (Lipinski definition) is 26. The third-order valence-electron chi connectivity index (χ3n) is 23.4. The van der Waals surface area contributed by atoms with Gasteiger partial charge >= 0.3 is 50.0 Å². The molecule has 0 atom stereocenters. The highest BCUT2D eigenvalue weighted by Gasteiger charge is 2.30. The second-order valence-corrected chi connectivity index (χ2v) is 43.0. The van der Waals surface area contributed by atoms with Crippen molar-refractivity contribution < 1.29 is 43.5 Å². The van der Waals surface area contributed by atoms with E-state index in [1.54, 1.807) is 100 Å². The Morgan fingerprint density at radius 2 is 0.418 bits per heavy atom. The van der Waals surface area contributed by atoms with Crippen LogP contribution >= 0.6 is 100 Å². The molecule has 146 heavy (non-hydrogen) atoms. The molecule has 7 aromatic rings. The molecule has 16 aliphatic rings. The number of fused-ring (bicyclic) bond motifs is 9. The summed E-state index contributed by atoms with van der Waals surface area (Å²) in [6, 6.07) is 118. The molecule has 0 saturated heterocycles. The highest BCUT2D eigenvalue weighted by molar-refractivity contribution is 8.77. The van der Waals surface area contributed by atoms with Gasteiger partial charge in [0.15, 0.2) is 0 Å². The topological polar surface area (TPSA) is 263 Å². The summed E-state index contributed by atoms with van der Waals surface area (Å²) >= 11 is 4.89. The third-order valence-corrected chi connectivity index (χ3v) is 30.7. The highest BCUT2D eigenvalue weighted by atomic mass is 33.1. The summed E-state index contributed by atoms with van der Waals surface area (Å²) in [5, 5.41) is 0. The predicted molar refractivity (Wildman–Crippen MR) is 605 cm³/mol. The SMILES string of the molecule is CSSc1cccc2c(-c3ccc(C)cc3)c(=O)oc-2c1.CSSc1cccc2c(-c3ccccc3)c(=O)oc-2c1.CSSc1cccc2c(C3=CCc4ccccc43)c(=O)oc-2c1.CSc1cccc2c(-c3ccc(C)cc3)c(=O)oc-2c1.CSc1cccc2c(-c3ccccc3)c(=O)oc-2c1.CSc1cccc2c(C3=CCc4ccccc43)c(=O)oc-2c1.O=S(=O)=O.O=c1oc2cccccc-2c1-c1ccccc1. The Labute approximate surface area is 879 Å². The smallest absolute Gasteiger partial charge is 0.422 e. The molecule has 0 bridgehead atoms. The van der Waals surface area contributed by atoms with Gasteiger partial charge in [0, 0.05) is 68.3 Å². The fourth-order valence-electron chi connectivity index (χ4n) is 16.9. The van der Waals surface area contributed by atoms with E-state index in [0.29, 0.717) is 79.3 Å². The molecule has 0 saturated carbocycles. The zero-order chi connectivity index (χ0) is 102. The van der Waals surface area contributed by atoms with Crippen LogP contribution in [0, 0.1) is 13.8 Å². The van der Waals surface area contributed by atoms with E-state index in [1.807, 2.05) is 391 Å². The number of furan rings is 7. The molecule has 7 aliphatic heterocycles. The zero-order valence-corrected chi connectivity index (χ0v) is 87.9. The maximum Gasteiger partial charge on any atom is 0.425 e. The van der Waals surface area contributed by atoms with Crippen molar-refractivity contribution in [2.24, 2.45) is 0 Å². The molecular weight excluding hydrogens is 2020 g/mol. The van der Waals surface area contributed by atoms with Gasteiger partial charge in [-0.2, -0.15) is 0 Å². The van der Waals surface area contributed by atoms with E-state index in [0.717, 1.165) is 131 Å².